The summed E-state index contributed by atoms with van der Waals surface area (Å²) in [5.74, 6) is 0. The summed E-state index contributed by atoms with van der Waals surface area (Å²) in [7, 11) is 0. The monoisotopic (exact) mass is 247 g/mol. The van der Waals surface area contributed by atoms with Crippen LogP contribution in [0.5, 0.6) is 0 Å². The van der Waals surface area contributed by atoms with Gasteiger partial charge in [-0.2, -0.15) is 5.26 Å². The first-order valence-electron chi connectivity index (χ1n) is 6.16. The molecule has 0 atom stereocenters. The third kappa shape index (κ3) is 2.29. The molecule has 3 heteroatoms. The molecule has 1 aromatic heterocycles. The Labute approximate surface area is 111 Å². The largest absolute Gasteiger partial charge is 0.381 e. The Kier molecular flexibility index (Phi) is 2.91. The van der Waals surface area contributed by atoms with E-state index in [4.69, 9.17) is 5.26 Å². The van der Waals surface area contributed by atoms with Crippen molar-refractivity contribution in [2.45, 2.75) is 6.54 Å². The summed E-state index contributed by atoms with van der Waals surface area (Å²) in [6.07, 6.45) is 1.95. The number of rotatable bonds is 3. The van der Waals surface area contributed by atoms with E-state index < -0.39 is 0 Å². The highest BCUT2D eigenvalue weighted by Gasteiger charge is 2.01. The van der Waals surface area contributed by atoms with Crippen molar-refractivity contribution in [1.82, 2.24) is 4.98 Å². The standard InChI is InChI=1S/C16H13N3/c17-10-12-4-6-14(7-5-12)19-11-13-2-1-3-16-15(13)8-9-18-16/h1-9,18-19H,11H2. The predicted molar refractivity (Wildman–Crippen MR) is 76.8 cm³/mol. The number of aromatic nitrogens is 1. The van der Waals surface area contributed by atoms with Crippen LogP contribution >= 0.6 is 0 Å². The lowest BCUT2D eigenvalue weighted by Crippen LogP contribution is -1.99. The summed E-state index contributed by atoms with van der Waals surface area (Å²) < 4.78 is 0. The van der Waals surface area contributed by atoms with Crippen LogP contribution in [-0.4, -0.2) is 4.98 Å². The van der Waals surface area contributed by atoms with E-state index in [1.807, 2.05) is 30.5 Å². The summed E-state index contributed by atoms with van der Waals surface area (Å²) in [6, 6.07) is 17.9. The Morgan fingerprint density at radius 1 is 1.05 bits per heavy atom. The molecule has 92 valence electrons. The van der Waals surface area contributed by atoms with E-state index in [9.17, 15) is 0 Å². The zero-order valence-corrected chi connectivity index (χ0v) is 10.4. The number of nitrogens with zero attached hydrogens (tertiary/aromatic N) is 1. The van der Waals surface area contributed by atoms with Crippen LogP contribution in [0.2, 0.25) is 0 Å². The minimum atomic E-state index is 0.679. The van der Waals surface area contributed by atoms with Crippen LogP contribution < -0.4 is 5.32 Å². The van der Waals surface area contributed by atoms with Gasteiger partial charge in [0.15, 0.2) is 0 Å². The third-order valence-electron chi connectivity index (χ3n) is 3.18. The number of H-pyrrole nitrogens is 1. The molecule has 19 heavy (non-hydrogen) atoms. The fourth-order valence-electron chi connectivity index (χ4n) is 2.16. The molecule has 0 saturated carbocycles. The van der Waals surface area contributed by atoms with Crippen LogP contribution in [0.4, 0.5) is 5.69 Å². The highest BCUT2D eigenvalue weighted by atomic mass is 14.9. The maximum atomic E-state index is 8.76. The van der Waals surface area contributed by atoms with Crippen LogP contribution in [0.15, 0.2) is 54.7 Å². The van der Waals surface area contributed by atoms with Gasteiger partial charge < -0.3 is 10.3 Å². The quantitative estimate of drug-likeness (QED) is 0.742. The first-order valence-corrected chi connectivity index (χ1v) is 6.16. The molecule has 3 aromatic rings. The lowest BCUT2D eigenvalue weighted by molar-refractivity contribution is 1.17. The Morgan fingerprint density at radius 2 is 1.89 bits per heavy atom. The number of aromatic amines is 1. The molecule has 0 aliphatic rings. The average Bonchev–Trinajstić information content (AvgIpc) is 2.94. The van der Waals surface area contributed by atoms with Gasteiger partial charge in [0, 0.05) is 29.3 Å². The van der Waals surface area contributed by atoms with Crippen LogP contribution in [0.3, 0.4) is 0 Å². The summed E-state index contributed by atoms with van der Waals surface area (Å²) in [5.41, 5.74) is 4.10. The molecular weight excluding hydrogens is 234 g/mol. The van der Waals surface area contributed by atoms with Crippen molar-refractivity contribution in [2.24, 2.45) is 0 Å². The van der Waals surface area contributed by atoms with Gasteiger partial charge in [-0.1, -0.05) is 12.1 Å². The van der Waals surface area contributed by atoms with Crippen molar-refractivity contribution in [3.05, 3.63) is 65.9 Å². The summed E-state index contributed by atoms with van der Waals surface area (Å²) in [5, 5.41) is 13.4. The fraction of sp³-hybridized carbons (Fsp3) is 0.0625. The zero-order valence-electron chi connectivity index (χ0n) is 10.4. The summed E-state index contributed by atoms with van der Waals surface area (Å²) in [6.45, 7) is 0.765. The predicted octanol–water partition coefficient (Wildman–Crippen LogP) is 3.65. The minimum Gasteiger partial charge on any atom is -0.381 e. The van der Waals surface area contributed by atoms with Crippen LogP contribution in [0.1, 0.15) is 11.1 Å². The zero-order chi connectivity index (χ0) is 13.1. The normalized spacial score (nSPS) is 10.3. The Hall–Kier alpha value is -2.73. The first-order chi connectivity index (χ1) is 9.36. The SMILES string of the molecule is N#Cc1ccc(NCc2cccc3[nH]ccc23)cc1. The number of hydrogen-bond donors (Lipinski definition) is 2. The highest BCUT2D eigenvalue weighted by Crippen LogP contribution is 2.19. The molecule has 2 N–H and O–H groups in total. The smallest absolute Gasteiger partial charge is 0.0991 e. The molecule has 0 saturated heterocycles. The van der Waals surface area contributed by atoms with Gasteiger partial charge in [-0.3, -0.25) is 0 Å². The van der Waals surface area contributed by atoms with E-state index in [1.54, 1.807) is 0 Å². The number of hydrogen-bond acceptors (Lipinski definition) is 2. The van der Waals surface area contributed by atoms with Crippen molar-refractivity contribution >= 4 is 16.6 Å². The average molecular weight is 247 g/mol. The molecule has 0 aliphatic carbocycles. The van der Waals surface area contributed by atoms with Crippen molar-refractivity contribution < 1.29 is 0 Å². The number of fused-ring (bicyclic) bond motifs is 1. The molecule has 0 spiro atoms. The van der Waals surface area contributed by atoms with E-state index in [1.165, 1.54) is 10.9 Å². The van der Waals surface area contributed by atoms with Gasteiger partial charge >= 0.3 is 0 Å². The summed E-state index contributed by atoms with van der Waals surface area (Å²) in [4.78, 5) is 3.21. The Balaban J connectivity index is 1.78. The van der Waals surface area contributed by atoms with Crippen molar-refractivity contribution in [3.63, 3.8) is 0 Å². The van der Waals surface area contributed by atoms with Crippen molar-refractivity contribution in [1.29, 1.82) is 5.26 Å². The highest BCUT2D eigenvalue weighted by molar-refractivity contribution is 5.83. The maximum absolute atomic E-state index is 8.76. The lowest BCUT2D eigenvalue weighted by atomic mass is 10.1. The number of benzene rings is 2. The van der Waals surface area contributed by atoms with Gasteiger partial charge in [0.05, 0.1) is 11.6 Å². The van der Waals surface area contributed by atoms with Crippen molar-refractivity contribution in [2.75, 3.05) is 5.32 Å². The van der Waals surface area contributed by atoms with Gasteiger partial charge in [-0.05, 0) is 42.0 Å². The van der Waals surface area contributed by atoms with Gasteiger partial charge in [0.2, 0.25) is 0 Å². The van der Waals surface area contributed by atoms with Crippen LogP contribution in [-0.2, 0) is 6.54 Å². The Bertz CT molecular complexity index is 733. The number of nitriles is 1. The van der Waals surface area contributed by atoms with Crippen molar-refractivity contribution in [3.8, 4) is 6.07 Å². The van der Waals surface area contributed by atoms with E-state index in [0.29, 0.717) is 5.56 Å². The van der Waals surface area contributed by atoms with E-state index >= 15 is 0 Å². The molecular formula is C16H13N3. The third-order valence-corrected chi connectivity index (χ3v) is 3.18. The van der Waals surface area contributed by atoms with Crippen LogP contribution in [0, 0.1) is 11.3 Å². The molecule has 0 unspecified atom stereocenters. The summed E-state index contributed by atoms with van der Waals surface area (Å²) >= 11 is 0. The second kappa shape index (κ2) is 4.87. The van der Waals surface area contributed by atoms with Gasteiger partial charge in [-0.25, -0.2) is 0 Å². The fourth-order valence-corrected chi connectivity index (χ4v) is 2.16. The molecule has 0 aliphatic heterocycles. The van der Waals surface area contributed by atoms with E-state index in [-0.39, 0.29) is 0 Å². The Morgan fingerprint density at radius 3 is 2.68 bits per heavy atom. The second-order valence-corrected chi connectivity index (χ2v) is 4.40. The first kappa shape index (κ1) is 11.4. The molecule has 2 aromatic carbocycles. The van der Waals surface area contributed by atoms with Crippen LogP contribution in [0.25, 0.3) is 10.9 Å². The van der Waals surface area contributed by atoms with Gasteiger partial charge in [-0.15, -0.1) is 0 Å². The number of anilines is 1. The lowest BCUT2D eigenvalue weighted by Gasteiger charge is -2.07. The maximum Gasteiger partial charge on any atom is 0.0991 e. The minimum absolute atomic E-state index is 0.679. The van der Waals surface area contributed by atoms with E-state index in [2.05, 4.69) is 40.6 Å². The van der Waals surface area contributed by atoms with Gasteiger partial charge in [0.1, 0.15) is 0 Å². The molecule has 3 nitrogen and oxygen atoms in total. The van der Waals surface area contributed by atoms with Gasteiger partial charge in [0.25, 0.3) is 0 Å². The molecule has 0 amide bonds. The molecule has 0 bridgehead atoms. The molecule has 0 radical (unpaired) electrons. The topological polar surface area (TPSA) is 51.6 Å². The molecule has 0 fully saturated rings. The van der Waals surface area contributed by atoms with E-state index in [0.717, 1.165) is 17.7 Å². The second-order valence-electron chi connectivity index (χ2n) is 4.40. The number of nitrogens with one attached hydrogen (secondary N) is 2. The molecule has 3 rings (SSSR count). The molecule has 1 heterocycles.